The van der Waals surface area contributed by atoms with Gasteiger partial charge in [0.25, 0.3) is 5.91 Å². The van der Waals surface area contributed by atoms with Gasteiger partial charge in [-0.15, -0.1) is 0 Å². The maximum absolute atomic E-state index is 12.1. The summed E-state index contributed by atoms with van der Waals surface area (Å²) in [4.78, 5) is 20.2. The lowest BCUT2D eigenvalue weighted by atomic mass is 10.3. The molecule has 0 atom stereocenters. The van der Waals surface area contributed by atoms with Crippen LogP contribution >= 0.6 is 0 Å². The van der Waals surface area contributed by atoms with Crippen molar-refractivity contribution in [1.82, 2.24) is 20.3 Å². The van der Waals surface area contributed by atoms with Gasteiger partial charge in [-0.3, -0.25) is 4.79 Å². The molecule has 0 unspecified atom stereocenters. The first-order valence-corrected chi connectivity index (χ1v) is 6.38. The fraction of sp³-hybridized carbons (Fsp3) is 0.154. The summed E-state index contributed by atoms with van der Waals surface area (Å²) in [6, 6.07) is 4.78. The average Bonchev–Trinajstić information content (AvgIpc) is 3.08. The van der Waals surface area contributed by atoms with E-state index in [9.17, 15) is 4.79 Å². The standard InChI is InChI=1S/C13H12N6O3/c1-7-5-10(18-21-7)16-12(20)9-3-4-14-13(15-9)17-11-6-8(2)22-19-11/h3-6H,1-2H3,(H,16,18,20)(H,14,15,17,19). The Morgan fingerprint density at radius 3 is 2.41 bits per heavy atom. The third-order valence-electron chi connectivity index (χ3n) is 2.63. The van der Waals surface area contributed by atoms with E-state index >= 15 is 0 Å². The van der Waals surface area contributed by atoms with Crippen LogP contribution in [-0.4, -0.2) is 26.2 Å². The molecule has 9 nitrogen and oxygen atoms in total. The highest BCUT2D eigenvalue weighted by Crippen LogP contribution is 2.13. The van der Waals surface area contributed by atoms with Crippen LogP contribution in [0.4, 0.5) is 17.6 Å². The summed E-state index contributed by atoms with van der Waals surface area (Å²) < 4.78 is 9.81. The number of hydrogen-bond donors (Lipinski definition) is 2. The van der Waals surface area contributed by atoms with Crippen molar-refractivity contribution in [3.8, 4) is 0 Å². The summed E-state index contributed by atoms with van der Waals surface area (Å²) in [5, 5.41) is 12.9. The van der Waals surface area contributed by atoms with E-state index in [0.717, 1.165) is 0 Å². The predicted octanol–water partition coefficient (Wildman–Crippen LogP) is 2.07. The number of aryl methyl sites for hydroxylation is 2. The third kappa shape index (κ3) is 3.08. The molecule has 9 heteroatoms. The average molecular weight is 300 g/mol. The van der Waals surface area contributed by atoms with Crippen LogP contribution in [0.15, 0.2) is 33.4 Å². The van der Waals surface area contributed by atoms with Gasteiger partial charge in [-0.05, 0) is 19.9 Å². The van der Waals surface area contributed by atoms with Gasteiger partial charge < -0.3 is 19.7 Å². The molecular formula is C13H12N6O3. The molecule has 3 aromatic heterocycles. The molecular weight excluding hydrogens is 288 g/mol. The molecule has 0 saturated carbocycles. The van der Waals surface area contributed by atoms with Crippen molar-refractivity contribution < 1.29 is 13.8 Å². The van der Waals surface area contributed by atoms with Gasteiger partial charge in [0.1, 0.15) is 17.2 Å². The van der Waals surface area contributed by atoms with Gasteiger partial charge in [0.05, 0.1) is 0 Å². The highest BCUT2D eigenvalue weighted by Gasteiger charge is 2.12. The van der Waals surface area contributed by atoms with Crippen molar-refractivity contribution in [1.29, 1.82) is 0 Å². The van der Waals surface area contributed by atoms with E-state index in [1.165, 1.54) is 12.3 Å². The monoisotopic (exact) mass is 300 g/mol. The molecule has 3 heterocycles. The quantitative estimate of drug-likeness (QED) is 0.751. The second-order valence-electron chi connectivity index (χ2n) is 4.49. The Bertz CT molecular complexity index is 809. The number of aromatic nitrogens is 4. The van der Waals surface area contributed by atoms with E-state index in [-0.39, 0.29) is 11.6 Å². The zero-order chi connectivity index (χ0) is 15.5. The second kappa shape index (κ2) is 5.64. The number of nitrogens with zero attached hydrogens (tertiary/aromatic N) is 4. The van der Waals surface area contributed by atoms with E-state index < -0.39 is 5.91 Å². The van der Waals surface area contributed by atoms with E-state index in [0.29, 0.717) is 23.2 Å². The number of amides is 1. The molecule has 1 amide bonds. The lowest BCUT2D eigenvalue weighted by Crippen LogP contribution is -2.15. The van der Waals surface area contributed by atoms with Crippen LogP contribution in [0.25, 0.3) is 0 Å². The van der Waals surface area contributed by atoms with Crippen molar-refractivity contribution >= 4 is 23.5 Å². The molecule has 22 heavy (non-hydrogen) atoms. The summed E-state index contributed by atoms with van der Waals surface area (Å²) in [6.07, 6.45) is 1.46. The van der Waals surface area contributed by atoms with Crippen LogP contribution in [0.5, 0.6) is 0 Å². The van der Waals surface area contributed by atoms with Crippen LogP contribution in [0.2, 0.25) is 0 Å². The molecule has 0 fully saturated rings. The van der Waals surface area contributed by atoms with Crippen molar-refractivity contribution in [2.75, 3.05) is 10.6 Å². The maximum atomic E-state index is 12.1. The third-order valence-corrected chi connectivity index (χ3v) is 2.63. The lowest BCUT2D eigenvalue weighted by molar-refractivity contribution is 0.102. The topological polar surface area (TPSA) is 119 Å². The number of anilines is 3. The normalized spacial score (nSPS) is 10.5. The molecule has 0 bridgehead atoms. The Labute approximate surface area is 124 Å². The molecule has 0 aromatic carbocycles. The smallest absolute Gasteiger partial charge is 0.275 e. The van der Waals surface area contributed by atoms with Crippen LogP contribution in [0.1, 0.15) is 22.0 Å². The van der Waals surface area contributed by atoms with Gasteiger partial charge in [0.15, 0.2) is 11.6 Å². The Morgan fingerprint density at radius 2 is 1.77 bits per heavy atom. The summed E-state index contributed by atoms with van der Waals surface area (Å²) in [7, 11) is 0. The minimum absolute atomic E-state index is 0.179. The van der Waals surface area contributed by atoms with Gasteiger partial charge in [-0.2, -0.15) is 0 Å². The van der Waals surface area contributed by atoms with Gasteiger partial charge in [0.2, 0.25) is 5.95 Å². The number of hydrogen-bond acceptors (Lipinski definition) is 8. The first-order valence-electron chi connectivity index (χ1n) is 6.38. The minimum atomic E-state index is -0.421. The number of rotatable bonds is 4. The van der Waals surface area contributed by atoms with Crippen molar-refractivity contribution in [3.05, 3.63) is 41.6 Å². The highest BCUT2D eigenvalue weighted by atomic mass is 16.5. The Kier molecular flexibility index (Phi) is 3.52. The molecule has 0 radical (unpaired) electrons. The van der Waals surface area contributed by atoms with Crippen molar-refractivity contribution in [3.63, 3.8) is 0 Å². The van der Waals surface area contributed by atoms with E-state index in [1.807, 2.05) is 0 Å². The van der Waals surface area contributed by atoms with Gasteiger partial charge in [-0.1, -0.05) is 10.3 Å². The maximum Gasteiger partial charge on any atom is 0.275 e. The molecule has 0 aliphatic carbocycles. The van der Waals surface area contributed by atoms with Gasteiger partial charge >= 0.3 is 0 Å². The molecule has 2 N–H and O–H groups in total. The number of carbonyl (C=O) groups is 1. The molecule has 3 aromatic rings. The van der Waals surface area contributed by atoms with Crippen molar-refractivity contribution in [2.45, 2.75) is 13.8 Å². The fourth-order valence-electron chi connectivity index (χ4n) is 1.69. The van der Waals surface area contributed by atoms with Crippen LogP contribution in [0, 0.1) is 13.8 Å². The highest BCUT2D eigenvalue weighted by molar-refractivity contribution is 6.02. The molecule has 0 aliphatic heterocycles. The number of carbonyl (C=O) groups excluding carboxylic acids is 1. The molecule has 0 saturated heterocycles. The zero-order valence-corrected chi connectivity index (χ0v) is 11.8. The van der Waals surface area contributed by atoms with E-state index in [2.05, 4.69) is 30.9 Å². The summed E-state index contributed by atoms with van der Waals surface area (Å²) in [5.74, 6) is 1.84. The van der Waals surface area contributed by atoms with Gasteiger partial charge in [0, 0.05) is 18.3 Å². The van der Waals surface area contributed by atoms with Crippen LogP contribution < -0.4 is 10.6 Å². The van der Waals surface area contributed by atoms with Crippen molar-refractivity contribution in [2.24, 2.45) is 0 Å². The first kappa shape index (κ1) is 13.7. The molecule has 0 aliphatic rings. The largest absolute Gasteiger partial charge is 0.360 e. The van der Waals surface area contributed by atoms with E-state index in [1.54, 1.807) is 26.0 Å². The second-order valence-corrected chi connectivity index (χ2v) is 4.49. The minimum Gasteiger partial charge on any atom is -0.360 e. The predicted molar refractivity (Wildman–Crippen MR) is 75.7 cm³/mol. The Balaban J connectivity index is 1.74. The van der Waals surface area contributed by atoms with Gasteiger partial charge in [-0.25, -0.2) is 9.97 Å². The van der Waals surface area contributed by atoms with Crippen LogP contribution in [0.3, 0.4) is 0 Å². The summed E-state index contributed by atoms with van der Waals surface area (Å²) in [5.41, 5.74) is 0.179. The van der Waals surface area contributed by atoms with Crippen LogP contribution in [-0.2, 0) is 0 Å². The molecule has 3 rings (SSSR count). The summed E-state index contributed by atoms with van der Waals surface area (Å²) in [6.45, 7) is 3.50. The molecule has 112 valence electrons. The zero-order valence-electron chi connectivity index (χ0n) is 11.8. The SMILES string of the molecule is Cc1cc(NC(=O)c2ccnc(Nc3cc(C)on3)n2)no1. The molecule has 0 spiro atoms. The number of nitrogens with one attached hydrogen (secondary N) is 2. The van der Waals surface area contributed by atoms with E-state index in [4.69, 9.17) is 9.05 Å². The Hall–Kier alpha value is -3.23. The summed E-state index contributed by atoms with van der Waals surface area (Å²) >= 11 is 0. The lowest BCUT2D eigenvalue weighted by Gasteiger charge is -2.03. The fourth-order valence-corrected chi connectivity index (χ4v) is 1.69. The Morgan fingerprint density at radius 1 is 1.09 bits per heavy atom. The first-order chi connectivity index (χ1) is 10.6.